The Morgan fingerprint density at radius 1 is 1.37 bits per heavy atom. The minimum Gasteiger partial charge on any atom is -0.548 e. The van der Waals surface area contributed by atoms with Crippen molar-refractivity contribution in [1.29, 1.82) is 0 Å². The molecule has 0 aromatic rings. The zero-order valence-corrected chi connectivity index (χ0v) is 12.4. The first kappa shape index (κ1) is 16.1. The van der Waals surface area contributed by atoms with E-state index >= 15 is 0 Å². The fourth-order valence-corrected chi connectivity index (χ4v) is 2.86. The summed E-state index contributed by atoms with van der Waals surface area (Å²) in [6, 6.07) is -1.16. The molecule has 2 amide bonds. The maximum Gasteiger partial charge on any atom is 0.315 e. The molecule has 0 saturated heterocycles. The first-order chi connectivity index (χ1) is 9.04. The molecule has 0 radical (unpaired) electrons. The molecule has 0 unspecified atom stereocenters. The summed E-state index contributed by atoms with van der Waals surface area (Å²) in [6.45, 7) is 2.12. The van der Waals surface area contributed by atoms with Gasteiger partial charge in [-0.3, -0.25) is 0 Å². The molecule has 0 aromatic carbocycles. The second-order valence-corrected chi connectivity index (χ2v) is 6.12. The van der Waals surface area contributed by atoms with Gasteiger partial charge in [-0.25, -0.2) is 4.79 Å². The van der Waals surface area contributed by atoms with Gasteiger partial charge in [0, 0.05) is 6.04 Å². The van der Waals surface area contributed by atoms with E-state index < -0.39 is 18.0 Å². The first-order valence-electron chi connectivity index (χ1n) is 6.81. The molecule has 0 aromatic heterocycles. The van der Waals surface area contributed by atoms with Crippen molar-refractivity contribution in [1.82, 2.24) is 10.6 Å². The summed E-state index contributed by atoms with van der Waals surface area (Å²) in [5, 5.41) is 16.3. The van der Waals surface area contributed by atoms with Crippen LogP contribution in [0, 0.1) is 5.92 Å². The van der Waals surface area contributed by atoms with E-state index in [1.807, 2.05) is 6.26 Å². The van der Waals surface area contributed by atoms with Crippen molar-refractivity contribution in [3.05, 3.63) is 0 Å². The van der Waals surface area contributed by atoms with E-state index in [1.165, 1.54) is 6.42 Å². The molecule has 1 aliphatic carbocycles. The van der Waals surface area contributed by atoms with Crippen LogP contribution in [0.25, 0.3) is 0 Å². The molecule has 110 valence electrons. The molecule has 1 aliphatic rings. The lowest BCUT2D eigenvalue weighted by atomic mass is 9.86. The number of carbonyl (C=O) groups excluding carboxylic acids is 2. The van der Waals surface area contributed by atoms with E-state index in [9.17, 15) is 14.7 Å². The van der Waals surface area contributed by atoms with Gasteiger partial charge in [-0.2, -0.15) is 11.8 Å². The number of carbonyl (C=O) groups is 2. The van der Waals surface area contributed by atoms with Gasteiger partial charge in [-0.05, 0) is 37.2 Å². The van der Waals surface area contributed by atoms with E-state index in [4.69, 9.17) is 0 Å². The number of thioether (sulfide) groups is 1. The molecule has 0 bridgehead atoms. The molecule has 1 rings (SSSR count). The third kappa shape index (κ3) is 5.72. The lowest BCUT2D eigenvalue weighted by molar-refractivity contribution is -0.308. The minimum absolute atomic E-state index is 0.150. The van der Waals surface area contributed by atoms with Crippen LogP contribution in [-0.4, -0.2) is 36.1 Å². The summed E-state index contributed by atoms with van der Waals surface area (Å²) in [5.74, 6) is -0.0911. The highest BCUT2D eigenvalue weighted by Crippen LogP contribution is 2.23. The van der Waals surface area contributed by atoms with Gasteiger partial charge in [0.2, 0.25) is 0 Å². The Kier molecular flexibility index (Phi) is 7.05. The Morgan fingerprint density at radius 2 is 2.05 bits per heavy atom. The van der Waals surface area contributed by atoms with Crippen LogP contribution in [0.15, 0.2) is 0 Å². The molecule has 0 spiro atoms. The third-order valence-corrected chi connectivity index (χ3v) is 4.27. The van der Waals surface area contributed by atoms with Crippen LogP contribution in [0.4, 0.5) is 4.79 Å². The molecular weight excluding hydrogens is 264 g/mol. The van der Waals surface area contributed by atoms with Gasteiger partial charge in [0.15, 0.2) is 0 Å². The van der Waals surface area contributed by atoms with E-state index in [2.05, 4.69) is 17.6 Å². The van der Waals surface area contributed by atoms with Crippen LogP contribution in [0.3, 0.4) is 0 Å². The molecule has 0 heterocycles. The highest BCUT2D eigenvalue weighted by atomic mass is 32.2. The Morgan fingerprint density at radius 3 is 2.63 bits per heavy atom. The number of nitrogens with one attached hydrogen (secondary N) is 2. The summed E-state index contributed by atoms with van der Waals surface area (Å²) >= 11 is 1.55. The van der Waals surface area contributed by atoms with Gasteiger partial charge in [0.1, 0.15) is 0 Å². The van der Waals surface area contributed by atoms with Crippen LogP contribution in [0.2, 0.25) is 0 Å². The van der Waals surface area contributed by atoms with E-state index in [0.29, 0.717) is 18.1 Å². The number of aliphatic carboxylic acids is 1. The van der Waals surface area contributed by atoms with Crippen LogP contribution in [-0.2, 0) is 4.79 Å². The van der Waals surface area contributed by atoms with E-state index in [-0.39, 0.29) is 6.04 Å². The van der Waals surface area contributed by atoms with Crippen molar-refractivity contribution < 1.29 is 14.7 Å². The van der Waals surface area contributed by atoms with Crippen molar-refractivity contribution in [2.45, 2.75) is 51.1 Å². The summed E-state index contributed by atoms with van der Waals surface area (Å²) < 4.78 is 0. The number of carboxylic acids is 1. The smallest absolute Gasteiger partial charge is 0.315 e. The second kappa shape index (κ2) is 8.30. The summed E-state index contributed by atoms with van der Waals surface area (Å²) in [4.78, 5) is 22.7. The van der Waals surface area contributed by atoms with Gasteiger partial charge in [-0.1, -0.05) is 19.8 Å². The van der Waals surface area contributed by atoms with Crippen LogP contribution >= 0.6 is 11.8 Å². The average molecular weight is 287 g/mol. The molecule has 19 heavy (non-hydrogen) atoms. The largest absolute Gasteiger partial charge is 0.548 e. The zero-order chi connectivity index (χ0) is 14.3. The van der Waals surface area contributed by atoms with E-state index in [1.54, 1.807) is 11.8 Å². The van der Waals surface area contributed by atoms with Gasteiger partial charge in [-0.15, -0.1) is 0 Å². The monoisotopic (exact) mass is 287 g/mol. The number of amides is 2. The summed E-state index contributed by atoms with van der Waals surface area (Å²) in [7, 11) is 0. The van der Waals surface area contributed by atoms with Gasteiger partial charge in [0.05, 0.1) is 12.0 Å². The van der Waals surface area contributed by atoms with Gasteiger partial charge in [0.25, 0.3) is 0 Å². The normalized spacial score (nSPS) is 24.5. The maximum absolute atomic E-state index is 11.8. The second-order valence-electron chi connectivity index (χ2n) is 5.14. The van der Waals surface area contributed by atoms with Crippen molar-refractivity contribution >= 4 is 23.8 Å². The summed E-state index contributed by atoms with van der Waals surface area (Å²) in [6.07, 6.45) is 6.69. The number of rotatable bonds is 6. The molecule has 1 saturated carbocycles. The molecule has 5 nitrogen and oxygen atoms in total. The number of urea groups is 1. The topological polar surface area (TPSA) is 81.3 Å². The SMILES string of the molecule is CSCC[C@H](NC(=O)N[C@@H]1CCCC[C@H]1C)C(=O)[O-]. The van der Waals surface area contributed by atoms with Crippen LogP contribution in [0.1, 0.15) is 39.0 Å². The number of hydrogen-bond donors (Lipinski definition) is 2. The molecule has 6 heteroatoms. The lowest BCUT2D eigenvalue weighted by Crippen LogP contribution is -2.54. The molecular formula is C13H23N2O3S-. The molecule has 0 aliphatic heterocycles. The molecule has 1 fully saturated rings. The third-order valence-electron chi connectivity index (χ3n) is 3.63. The highest BCUT2D eigenvalue weighted by molar-refractivity contribution is 7.98. The minimum atomic E-state index is -1.22. The highest BCUT2D eigenvalue weighted by Gasteiger charge is 2.23. The molecule has 3 atom stereocenters. The quantitative estimate of drug-likeness (QED) is 0.755. The first-order valence-corrected chi connectivity index (χ1v) is 8.20. The van der Waals surface area contributed by atoms with Crippen molar-refractivity contribution in [3.63, 3.8) is 0 Å². The standard InChI is InChI=1S/C13H24N2O3S/c1-9-5-3-4-6-10(9)14-13(18)15-11(12(16)17)7-8-19-2/h9-11H,3-8H2,1-2H3,(H,16,17)(H2,14,15,18)/p-1/t9-,10-,11+/m1/s1. The molecule has 2 N–H and O–H groups in total. The number of carboxylic acid groups (broad SMARTS) is 1. The Balaban J connectivity index is 2.40. The Hall–Kier alpha value is -0.910. The van der Waals surface area contributed by atoms with Crippen molar-refractivity contribution in [2.24, 2.45) is 5.92 Å². The average Bonchev–Trinajstić information content (AvgIpc) is 2.37. The Labute approximate surface area is 118 Å². The predicted molar refractivity (Wildman–Crippen MR) is 74.9 cm³/mol. The fraction of sp³-hybridized carbons (Fsp3) is 0.846. The van der Waals surface area contributed by atoms with Crippen LogP contribution in [0.5, 0.6) is 0 Å². The van der Waals surface area contributed by atoms with Crippen molar-refractivity contribution in [2.75, 3.05) is 12.0 Å². The maximum atomic E-state index is 11.8. The lowest BCUT2D eigenvalue weighted by Gasteiger charge is -2.30. The predicted octanol–water partition coefficient (Wildman–Crippen LogP) is 0.736. The van der Waals surface area contributed by atoms with E-state index in [0.717, 1.165) is 19.3 Å². The fourth-order valence-electron chi connectivity index (χ4n) is 2.38. The van der Waals surface area contributed by atoms with Crippen LogP contribution < -0.4 is 15.7 Å². The summed E-state index contributed by atoms with van der Waals surface area (Å²) in [5.41, 5.74) is 0. The van der Waals surface area contributed by atoms with Gasteiger partial charge >= 0.3 is 6.03 Å². The van der Waals surface area contributed by atoms with Crippen molar-refractivity contribution in [3.8, 4) is 0 Å². The number of hydrogen-bond acceptors (Lipinski definition) is 4. The van der Waals surface area contributed by atoms with Gasteiger partial charge < -0.3 is 20.5 Å². The Bertz CT molecular complexity index is 312. The zero-order valence-electron chi connectivity index (χ0n) is 11.6.